The first kappa shape index (κ1) is 18.8. The Kier molecular flexibility index (Phi) is 5.70. The van der Waals surface area contributed by atoms with E-state index in [1.165, 1.54) is 30.4 Å². The second kappa shape index (κ2) is 7.58. The SMILES string of the molecule is Cc1nc(C)c(C(=O)O[C@@H](C)C(=O)Nc2ccc([N+](=O)[O-])cc2Cl)s1. The van der Waals surface area contributed by atoms with Crippen LogP contribution in [0.2, 0.25) is 5.02 Å². The van der Waals surface area contributed by atoms with Gasteiger partial charge in [0, 0.05) is 12.1 Å². The Bertz CT molecular complexity index is 852. The molecule has 0 saturated carbocycles. The molecule has 0 fully saturated rings. The summed E-state index contributed by atoms with van der Waals surface area (Å²) in [5.74, 6) is -1.25. The predicted molar refractivity (Wildman–Crippen MR) is 93.2 cm³/mol. The zero-order valence-corrected chi connectivity index (χ0v) is 15.1. The summed E-state index contributed by atoms with van der Waals surface area (Å²) >= 11 is 7.10. The Labute approximate surface area is 151 Å². The minimum Gasteiger partial charge on any atom is -0.448 e. The molecule has 25 heavy (non-hydrogen) atoms. The van der Waals surface area contributed by atoms with Gasteiger partial charge in [-0.2, -0.15) is 0 Å². The van der Waals surface area contributed by atoms with Crippen LogP contribution in [0.3, 0.4) is 0 Å². The fourth-order valence-electron chi connectivity index (χ4n) is 1.94. The van der Waals surface area contributed by atoms with Crippen LogP contribution in [0.4, 0.5) is 11.4 Å². The number of anilines is 1. The second-order valence-electron chi connectivity index (χ2n) is 5.11. The van der Waals surface area contributed by atoms with E-state index < -0.39 is 22.9 Å². The summed E-state index contributed by atoms with van der Waals surface area (Å²) in [6.07, 6.45) is -1.08. The van der Waals surface area contributed by atoms with E-state index in [-0.39, 0.29) is 16.4 Å². The second-order valence-corrected chi connectivity index (χ2v) is 6.72. The zero-order chi connectivity index (χ0) is 18.7. The number of thiazole rings is 1. The first-order chi connectivity index (χ1) is 11.7. The van der Waals surface area contributed by atoms with Crippen molar-refractivity contribution < 1.29 is 19.2 Å². The number of hydrogen-bond acceptors (Lipinski definition) is 7. The van der Waals surface area contributed by atoms with Gasteiger partial charge in [0.25, 0.3) is 11.6 Å². The maximum absolute atomic E-state index is 12.1. The zero-order valence-electron chi connectivity index (χ0n) is 13.5. The normalized spacial score (nSPS) is 11.7. The lowest BCUT2D eigenvalue weighted by molar-refractivity contribution is -0.384. The quantitative estimate of drug-likeness (QED) is 0.480. The summed E-state index contributed by atoms with van der Waals surface area (Å²) in [7, 11) is 0. The number of nitro groups is 1. The molecule has 10 heteroatoms. The minimum atomic E-state index is -1.08. The molecule has 0 aliphatic heterocycles. The summed E-state index contributed by atoms with van der Waals surface area (Å²) in [6.45, 7) is 4.86. The van der Waals surface area contributed by atoms with E-state index in [1.54, 1.807) is 13.8 Å². The molecule has 0 aliphatic rings. The Hall–Kier alpha value is -2.52. The number of non-ortho nitro benzene ring substituents is 1. The van der Waals surface area contributed by atoms with Crippen LogP contribution in [0.1, 0.15) is 27.3 Å². The summed E-state index contributed by atoms with van der Waals surface area (Å²) in [5, 5.41) is 13.9. The van der Waals surface area contributed by atoms with Gasteiger partial charge in [0.2, 0.25) is 0 Å². The highest BCUT2D eigenvalue weighted by molar-refractivity contribution is 7.13. The van der Waals surface area contributed by atoms with Gasteiger partial charge < -0.3 is 10.1 Å². The molecule has 0 radical (unpaired) electrons. The van der Waals surface area contributed by atoms with Gasteiger partial charge in [-0.1, -0.05) is 11.6 Å². The van der Waals surface area contributed by atoms with Crippen LogP contribution in [0.5, 0.6) is 0 Å². The standard InChI is InChI=1S/C15H14ClN3O5S/c1-7-13(25-9(3)17-7)15(21)24-8(2)14(20)18-12-5-4-10(19(22)23)6-11(12)16/h4-6,8H,1-3H3,(H,18,20)/t8-/m0/s1. The van der Waals surface area contributed by atoms with Gasteiger partial charge in [-0.3, -0.25) is 14.9 Å². The highest BCUT2D eigenvalue weighted by atomic mass is 35.5. The van der Waals surface area contributed by atoms with Crippen LogP contribution in [-0.2, 0) is 9.53 Å². The van der Waals surface area contributed by atoms with Crippen LogP contribution < -0.4 is 5.32 Å². The number of nitro benzene ring substituents is 1. The highest BCUT2D eigenvalue weighted by Crippen LogP contribution is 2.27. The number of halogens is 1. The van der Waals surface area contributed by atoms with Gasteiger partial charge in [0.15, 0.2) is 6.10 Å². The lowest BCUT2D eigenvalue weighted by Crippen LogP contribution is -2.30. The number of esters is 1. The summed E-state index contributed by atoms with van der Waals surface area (Å²) in [6, 6.07) is 3.64. The molecule has 2 aromatic rings. The molecular formula is C15H14ClN3O5S. The number of aryl methyl sites for hydroxylation is 2. The topological polar surface area (TPSA) is 111 Å². The number of hydrogen-bond donors (Lipinski definition) is 1. The van der Waals surface area contributed by atoms with Crippen molar-refractivity contribution in [2.45, 2.75) is 26.9 Å². The molecule has 0 bridgehead atoms. The van der Waals surface area contributed by atoms with Crippen LogP contribution >= 0.6 is 22.9 Å². The van der Waals surface area contributed by atoms with Gasteiger partial charge in [0.05, 0.1) is 26.3 Å². The van der Waals surface area contributed by atoms with E-state index in [2.05, 4.69) is 10.3 Å². The molecule has 1 N–H and O–H groups in total. The van der Waals surface area contributed by atoms with E-state index in [0.717, 1.165) is 11.1 Å². The van der Waals surface area contributed by atoms with Gasteiger partial charge in [0.1, 0.15) is 4.88 Å². The molecule has 1 atom stereocenters. The summed E-state index contributed by atoms with van der Waals surface area (Å²) in [5.41, 5.74) is 0.530. The summed E-state index contributed by atoms with van der Waals surface area (Å²) < 4.78 is 5.13. The van der Waals surface area contributed by atoms with E-state index in [0.29, 0.717) is 10.6 Å². The van der Waals surface area contributed by atoms with Gasteiger partial charge in [-0.15, -0.1) is 11.3 Å². The Morgan fingerprint density at radius 1 is 1.40 bits per heavy atom. The molecule has 1 amide bonds. The highest BCUT2D eigenvalue weighted by Gasteiger charge is 2.23. The monoisotopic (exact) mass is 383 g/mol. The first-order valence-electron chi connectivity index (χ1n) is 7.09. The Balaban J connectivity index is 2.04. The molecule has 1 aromatic heterocycles. The summed E-state index contributed by atoms with van der Waals surface area (Å²) in [4.78, 5) is 38.8. The average Bonchev–Trinajstić information content (AvgIpc) is 2.87. The molecular weight excluding hydrogens is 370 g/mol. The lowest BCUT2D eigenvalue weighted by atomic mass is 10.2. The maximum atomic E-state index is 12.1. The molecule has 0 spiro atoms. The number of carbonyl (C=O) groups excluding carboxylic acids is 2. The van der Waals surface area contributed by atoms with Crippen molar-refractivity contribution in [2.75, 3.05) is 5.32 Å². The minimum absolute atomic E-state index is 0.00926. The molecule has 1 aromatic carbocycles. The smallest absolute Gasteiger partial charge is 0.351 e. The number of aromatic nitrogens is 1. The van der Waals surface area contributed by atoms with E-state index >= 15 is 0 Å². The fourth-order valence-corrected chi connectivity index (χ4v) is 2.97. The molecule has 132 valence electrons. The van der Waals surface area contributed by atoms with Gasteiger partial charge in [-0.25, -0.2) is 9.78 Å². The maximum Gasteiger partial charge on any atom is 0.351 e. The van der Waals surface area contributed by atoms with Crippen LogP contribution in [-0.4, -0.2) is 27.9 Å². The third-order valence-electron chi connectivity index (χ3n) is 3.16. The fraction of sp³-hybridized carbons (Fsp3) is 0.267. The molecule has 0 aliphatic carbocycles. The number of ether oxygens (including phenoxy) is 1. The number of benzene rings is 1. The van der Waals surface area contributed by atoms with E-state index in [9.17, 15) is 19.7 Å². The molecule has 0 unspecified atom stereocenters. The predicted octanol–water partition coefficient (Wildman–Crippen LogP) is 3.51. The van der Waals surface area contributed by atoms with Crippen LogP contribution in [0.15, 0.2) is 18.2 Å². The third kappa shape index (κ3) is 4.52. The van der Waals surface area contributed by atoms with Crippen molar-refractivity contribution in [1.29, 1.82) is 0 Å². The number of nitrogens with zero attached hydrogens (tertiary/aromatic N) is 2. The van der Waals surface area contributed by atoms with Crippen molar-refractivity contribution in [3.63, 3.8) is 0 Å². The van der Waals surface area contributed by atoms with Crippen molar-refractivity contribution in [2.24, 2.45) is 0 Å². The first-order valence-corrected chi connectivity index (χ1v) is 8.28. The number of amides is 1. The van der Waals surface area contributed by atoms with Crippen molar-refractivity contribution in [3.05, 3.63) is 48.9 Å². The average molecular weight is 384 g/mol. The number of carbonyl (C=O) groups is 2. The number of rotatable bonds is 5. The van der Waals surface area contributed by atoms with Crippen molar-refractivity contribution in [3.8, 4) is 0 Å². The van der Waals surface area contributed by atoms with E-state index in [4.69, 9.17) is 16.3 Å². The Morgan fingerprint density at radius 2 is 2.08 bits per heavy atom. The van der Waals surface area contributed by atoms with Crippen molar-refractivity contribution in [1.82, 2.24) is 4.98 Å². The Morgan fingerprint density at radius 3 is 2.60 bits per heavy atom. The molecule has 8 nitrogen and oxygen atoms in total. The molecule has 2 rings (SSSR count). The van der Waals surface area contributed by atoms with Gasteiger partial charge >= 0.3 is 5.97 Å². The van der Waals surface area contributed by atoms with Crippen molar-refractivity contribution >= 4 is 46.2 Å². The van der Waals surface area contributed by atoms with Crippen LogP contribution in [0.25, 0.3) is 0 Å². The third-order valence-corrected chi connectivity index (χ3v) is 4.53. The largest absolute Gasteiger partial charge is 0.448 e. The van der Waals surface area contributed by atoms with Gasteiger partial charge in [-0.05, 0) is 26.8 Å². The number of nitrogens with one attached hydrogen (secondary N) is 1. The molecule has 0 saturated heterocycles. The molecule has 1 heterocycles. The lowest BCUT2D eigenvalue weighted by Gasteiger charge is -2.13. The van der Waals surface area contributed by atoms with Crippen LogP contribution in [0, 0.1) is 24.0 Å². The van der Waals surface area contributed by atoms with E-state index in [1.807, 2.05) is 0 Å².